The Labute approximate surface area is 140 Å². The maximum atomic E-state index is 11.9. The molecule has 22 heavy (non-hydrogen) atoms. The van der Waals surface area contributed by atoms with Gasteiger partial charge in [-0.05, 0) is 43.0 Å². The first-order valence-electron chi connectivity index (χ1n) is 7.87. The highest BCUT2D eigenvalue weighted by molar-refractivity contribution is 9.10. The van der Waals surface area contributed by atoms with E-state index in [0.717, 1.165) is 22.1 Å². The smallest absolute Gasteiger partial charge is 0.243 e. The quantitative estimate of drug-likeness (QED) is 0.804. The van der Waals surface area contributed by atoms with E-state index in [0.29, 0.717) is 12.3 Å². The Morgan fingerprint density at radius 1 is 1.23 bits per heavy atom. The van der Waals surface area contributed by atoms with Crippen LogP contribution in [-0.2, 0) is 9.59 Å². The first-order valence-corrected chi connectivity index (χ1v) is 8.66. The molecule has 0 bridgehead atoms. The van der Waals surface area contributed by atoms with Crippen LogP contribution < -0.4 is 10.6 Å². The zero-order valence-corrected chi connectivity index (χ0v) is 14.5. The molecule has 2 N–H and O–H groups in total. The number of carbonyl (C=O) groups is 2. The molecular weight excluding hydrogens is 344 g/mol. The van der Waals surface area contributed by atoms with Gasteiger partial charge in [-0.25, -0.2) is 0 Å². The molecule has 0 aromatic heterocycles. The van der Waals surface area contributed by atoms with Crippen molar-refractivity contribution in [2.45, 2.75) is 45.4 Å². The van der Waals surface area contributed by atoms with Crippen molar-refractivity contribution in [1.29, 1.82) is 0 Å². The van der Waals surface area contributed by atoms with Gasteiger partial charge in [0.05, 0.1) is 6.54 Å². The van der Waals surface area contributed by atoms with Gasteiger partial charge in [-0.1, -0.05) is 41.6 Å². The van der Waals surface area contributed by atoms with E-state index in [1.807, 2.05) is 25.1 Å². The van der Waals surface area contributed by atoms with Crippen molar-refractivity contribution < 1.29 is 9.59 Å². The molecule has 1 aromatic carbocycles. The van der Waals surface area contributed by atoms with Crippen LogP contribution >= 0.6 is 15.9 Å². The van der Waals surface area contributed by atoms with E-state index in [1.54, 1.807) is 0 Å². The van der Waals surface area contributed by atoms with Crippen molar-refractivity contribution in [3.8, 4) is 0 Å². The maximum Gasteiger partial charge on any atom is 0.243 e. The number of anilines is 1. The average Bonchev–Trinajstić information content (AvgIpc) is 2.99. The number of hydrogen-bond acceptors (Lipinski definition) is 2. The Morgan fingerprint density at radius 3 is 2.64 bits per heavy atom. The fourth-order valence-corrected chi connectivity index (χ4v) is 3.34. The van der Waals surface area contributed by atoms with E-state index in [9.17, 15) is 9.59 Å². The van der Waals surface area contributed by atoms with Gasteiger partial charge in [0.2, 0.25) is 11.8 Å². The van der Waals surface area contributed by atoms with E-state index in [2.05, 4.69) is 26.6 Å². The second kappa shape index (κ2) is 8.32. The SMILES string of the molecule is Cc1cc(Br)ccc1NC(=O)CNC(=O)CCC1CCCC1. The summed E-state index contributed by atoms with van der Waals surface area (Å²) in [5.41, 5.74) is 1.75. The molecule has 0 saturated heterocycles. The third-order valence-electron chi connectivity index (χ3n) is 4.16. The molecule has 1 aliphatic carbocycles. The summed E-state index contributed by atoms with van der Waals surface area (Å²) in [4.78, 5) is 23.6. The van der Waals surface area contributed by atoms with Crippen LogP contribution in [0.15, 0.2) is 22.7 Å². The summed E-state index contributed by atoms with van der Waals surface area (Å²) in [7, 11) is 0. The van der Waals surface area contributed by atoms with Gasteiger partial charge in [0.1, 0.15) is 0 Å². The Kier molecular flexibility index (Phi) is 6.43. The van der Waals surface area contributed by atoms with Crippen LogP contribution in [0.3, 0.4) is 0 Å². The second-order valence-corrected chi connectivity index (χ2v) is 6.89. The fourth-order valence-electron chi connectivity index (χ4n) is 2.86. The summed E-state index contributed by atoms with van der Waals surface area (Å²) < 4.78 is 0.975. The fraction of sp³-hybridized carbons (Fsp3) is 0.529. The molecule has 1 saturated carbocycles. The molecule has 120 valence electrons. The molecule has 0 heterocycles. The summed E-state index contributed by atoms with van der Waals surface area (Å²) in [6.07, 6.45) is 6.55. The lowest BCUT2D eigenvalue weighted by Crippen LogP contribution is -2.33. The van der Waals surface area contributed by atoms with Crippen molar-refractivity contribution in [2.75, 3.05) is 11.9 Å². The second-order valence-electron chi connectivity index (χ2n) is 5.97. The highest BCUT2D eigenvalue weighted by atomic mass is 79.9. The van der Waals surface area contributed by atoms with Crippen LogP contribution in [-0.4, -0.2) is 18.4 Å². The van der Waals surface area contributed by atoms with Gasteiger partial charge >= 0.3 is 0 Å². The molecule has 1 aliphatic rings. The normalized spacial score (nSPS) is 14.8. The molecule has 0 radical (unpaired) electrons. The van der Waals surface area contributed by atoms with Gasteiger partial charge in [-0.3, -0.25) is 9.59 Å². The number of benzene rings is 1. The Balaban J connectivity index is 1.69. The lowest BCUT2D eigenvalue weighted by molar-refractivity contribution is -0.124. The van der Waals surface area contributed by atoms with Crippen molar-refractivity contribution in [3.05, 3.63) is 28.2 Å². The van der Waals surface area contributed by atoms with Crippen LogP contribution in [0.25, 0.3) is 0 Å². The van der Waals surface area contributed by atoms with E-state index < -0.39 is 0 Å². The van der Waals surface area contributed by atoms with Crippen LogP contribution in [0.5, 0.6) is 0 Å². The zero-order valence-electron chi connectivity index (χ0n) is 13.0. The minimum absolute atomic E-state index is 0.0268. The van der Waals surface area contributed by atoms with Gasteiger partial charge in [-0.15, -0.1) is 0 Å². The molecule has 1 aromatic rings. The maximum absolute atomic E-state index is 11.9. The number of rotatable bonds is 6. The number of carbonyl (C=O) groups excluding carboxylic acids is 2. The molecule has 2 amide bonds. The van der Waals surface area contributed by atoms with Gasteiger partial charge in [0, 0.05) is 16.6 Å². The molecular formula is C17H23BrN2O2. The zero-order chi connectivity index (χ0) is 15.9. The van der Waals surface area contributed by atoms with Crippen molar-refractivity contribution in [1.82, 2.24) is 5.32 Å². The first-order chi connectivity index (χ1) is 10.5. The largest absolute Gasteiger partial charge is 0.347 e. The third kappa shape index (κ3) is 5.44. The molecule has 0 unspecified atom stereocenters. The lowest BCUT2D eigenvalue weighted by atomic mass is 10.0. The molecule has 1 fully saturated rings. The summed E-state index contributed by atoms with van der Waals surface area (Å²) in [5.74, 6) is 0.471. The highest BCUT2D eigenvalue weighted by Gasteiger charge is 2.16. The van der Waals surface area contributed by atoms with Crippen LogP contribution in [0.4, 0.5) is 5.69 Å². The Bertz CT molecular complexity index is 539. The third-order valence-corrected chi connectivity index (χ3v) is 4.66. The summed E-state index contributed by atoms with van der Waals surface area (Å²) >= 11 is 3.39. The monoisotopic (exact) mass is 366 g/mol. The minimum Gasteiger partial charge on any atom is -0.347 e. The van der Waals surface area contributed by atoms with Gasteiger partial charge < -0.3 is 10.6 Å². The molecule has 0 spiro atoms. The average molecular weight is 367 g/mol. The van der Waals surface area contributed by atoms with Gasteiger partial charge in [0.25, 0.3) is 0 Å². The highest BCUT2D eigenvalue weighted by Crippen LogP contribution is 2.28. The van der Waals surface area contributed by atoms with Crippen LogP contribution in [0, 0.1) is 12.8 Å². The van der Waals surface area contributed by atoms with Gasteiger partial charge in [0.15, 0.2) is 0 Å². The summed E-state index contributed by atoms with van der Waals surface area (Å²) in [6.45, 7) is 1.96. The number of halogens is 1. The minimum atomic E-state index is -0.195. The molecule has 0 atom stereocenters. The summed E-state index contributed by atoms with van der Waals surface area (Å²) in [6, 6.07) is 5.66. The molecule has 0 aliphatic heterocycles. The number of nitrogens with one attached hydrogen (secondary N) is 2. The Morgan fingerprint density at radius 2 is 1.95 bits per heavy atom. The van der Waals surface area contributed by atoms with E-state index in [4.69, 9.17) is 0 Å². The van der Waals surface area contributed by atoms with Crippen molar-refractivity contribution in [3.63, 3.8) is 0 Å². The number of amides is 2. The first kappa shape index (κ1) is 17.0. The topological polar surface area (TPSA) is 58.2 Å². The summed E-state index contributed by atoms with van der Waals surface area (Å²) in [5, 5.41) is 5.51. The number of aryl methyl sites for hydroxylation is 1. The van der Waals surface area contributed by atoms with Gasteiger partial charge in [-0.2, -0.15) is 0 Å². The van der Waals surface area contributed by atoms with Crippen LogP contribution in [0.1, 0.15) is 44.1 Å². The predicted octanol–water partition coefficient (Wildman–Crippen LogP) is 3.78. The standard InChI is InChI=1S/C17H23BrN2O2/c1-12-10-14(18)7-8-15(12)20-17(22)11-19-16(21)9-6-13-4-2-3-5-13/h7-8,10,13H,2-6,9,11H2,1H3,(H,19,21)(H,20,22). The molecule has 2 rings (SSSR count). The predicted molar refractivity (Wildman–Crippen MR) is 91.7 cm³/mol. The molecule has 4 nitrogen and oxygen atoms in total. The van der Waals surface area contributed by atoms with Crippen molar-refractivity contribution in [2.24, 2.45) is 5.92 Å². The van der Waals surface area contributed by atoms with E-state index >= 15 is 0 Å². The van der Waals surface area contributed by atoms with E-state index in [1.165, 1.54) is 25.7 Å². The molecule has 5 heteroatoms. The van der Waals surface area contributed by atoms with Crippen LogP contribution in [0.2, 0.25) is 0 Å². The lowest BCUT2D eigenvalue weighted by Gasteiger charge is -2.11. The Hall–Kier alpha value is -1.36. The van der Waals surface area contributed by atoms with Crippen molar-refractivity contribution >= 4 is 33.4 Å². The van der Waals surface area contributed by atoms with E-state index in [-0.39, 0.29) is 18.4 Å². The number of hydrogen-bond donors (Lipinski definition) is 2.